The molecule has 0 saturated heterocycles. The van der Waals surface area contributed by atoms with E-state index in [4.69, 9.17) is 21.1 Å². The predicted octanol–water partition coefficient (Wildman–Crippen LogP) is 4.33. The average Bonchev–Trinajstić information content (AvgIpc) is 2.66. The topological polar surface area (TPSA) is 103 Å². The van der Waals surface area contributed by atoms with E-state index in [2.05, 4.69) is 10.6 Å². The first-order valence-corrected chi connectivity index (χ1v) is 8.25. The number of ether oxygens (including phenoxy) is 2. The highest BCUT2D eigenvalue weighted by molar-refractivity contribution is 6.32. The van der Waals surface area contributed by atoms with Crippen molar-refractivity contribution in [3.63, 3.8) is 0 Å². The number of nitrogens with zero attached hydrogens (tertiary/aromatic N) is 1. The number of carbonyl (C=O) groups is 1. The molecule has 0 fully saturated rings. The molecular formula is C17H15ClF3N3O5. The van der Waals surface area contributed by atoms with Crippen LogP contribution < -0.4 is 20.1 Å². The van der Waals surface area contributed by atoms with Crippen LogP contribution in [0.5, 0.6) is 11.5 Å². The number of nitrogens with one attached hydrogen (secondary N) is 2. The van der Waals surface area contributed by atoms with Crippen molar-refractivity contribution in [2.45, 2.75) is 6.18 Å². The lowest BCUT2D eigenvalue weighted by Gasteiger charge is -2.14. The summed E-state index contributed by atoms with van der Waals surface area (Å²) >= 11 is 5.98. The Balaban J connectivity index is 2.17. The van der Waals surface area contributed by atoms with E-state index in [0.29, 0.717) is 12.1 Å². The van der Waals surface area contributed by atoms with Crippen molar-refractivity contribution in [1.29, 1.82) is 0 Å². The van der Waals surface area contributed by atoms with Gasteiger partial charge in [-0.1, -0.05) is 11.6 Å². The van der Waals surface area contributed by atoms with Gasteiger partial charge in [0.1, 0.15) is 17.2 Å². The largest absolute Gasteiger partial charge is 0.495 e. The van der Waals surface area contributed by atoms with Crippen LogP contribution in [0.3, 0.4) is 0 Å². The number of nitro groups is 1. The Bertz CT molecular complexity index is 937. The molecule has 0 saturated carbocycles. The molecule has 0 heterocycles. The van der Waals surface area contributed by atoms with Crippen LogP contribution in [0.4, 0.5) is 30.2 Å². The fraction of sp³-hybridized carbons (Fsp3) is 0.235. The summed E-state index contributed by atoms with van der Waals surface area (Å²) < 4.78 is 48.4. The molecule has 2 rings (SSSR count). The number of hydrogen-bond donors (Lipinski definition) is 2. The number of nitro benzene ring substituents is 1. The van der Waals surface area contributed by atoms with Crippen LogP contribution in [0.1, 0.15) is 5.56 Å². The van der Waals surface area contributed by atoms with Gasteiger partial charge in [0.25, 0.3) is 5.69 Å². The van der Waals surface area contributed by atoms with Gasteiger partial charge in [-0.2, -0.15) is 13.2 Å². The molecule has 2 aromatic rings. The Labute approximate surface area is 167 Å². The summed E-state index contributed by atoms with van der Waals surface area (Å²) in [6, 6.07) is 4.80. The van der Waals surface area contributed by atoms with Crippen molar-refractivity contribution in [1.82, 2.24) is 0 Å². The number of anilines is 2. The monoisotopic (exact) mass is 433 g/mol. The summed E-state index contributed by atoms with van der Waals surface area (Å²) in [4.78, 5) is 22.3. The third kappa shape index (κ3) is 5.41. The van der Waals surface area contributed by atoms with E-state index in [1.165, 1.54) is 26.4 Å². The Hall–Kier alpha value is -3.21. The minimum atomic E-state index is -4.73. The number of halogens is 4. The van der Waals surface area contributed by atoms with E-state index < -0.39 is 34.8 Å². The van der Waals surface area contributed by atoms with Crippen LogP contribution in [0.25, 0.3) is 0 Å². The molecule has 8 nitrogen and oxygen atoms in total. The first-order valence-electron chi connectivity index (χ1n) is 7.87. The van der Waals surface area contributed by atoms with Crippen LogP contribution in [0.15, 0.2) is 30.3 Å². The lowest BCUT2D eigenvalue weighted by atomic mass is 10.1. The zero-order valence-corrected chi connectivity index (χ0v) is 15.9. The molecule has 0 spiro atoms. The van der Waals surface area contributed by atoms with Gasteiger partial charge in [-0.15, -0.1) is 0 Å². The molecule has 0 unspecified atom stereocenters. The molecule has 156 valence electrons. The number of alkyl halides is 3. The zero-order valence-electron chi connectivity index (χ0n) is 15.1. The number of hydrogen-bond acceptors (Lipinski definition) is 6. The van der Waals surface area contributed by atoms with E-state index in [-0.39, 0.29) is 27.9 Å². The number of methoxy groups -OCH3 is 2. The molecule has 12 heteroatoms. The minimum absolute atomic E-state index is 0.225. The highest BCUT2D eigenvalue weighted by Gasteiger charge is 2.33. The summed E-state index contributed by atoms with van der Waals surface area (Å²) in [5.74, 6) is -0.124. The van der Waals surface area contributed by atoms with Gasteiger partial charge in [0.05, 0.1) is 42.0 Å². The van der Waals surface area contributed by atoms with E-state index in [0.717, 1.165) is 6.07 Å². The Morgan fingerprint density at radius 3 is 2.34 bits per heavy atom. The number of benzene rings is 2. The molecule has 1 amide bonds. The van der Waals surface area contributed by atoms with Gasteiger partial charge < -0.3 is 20.1 Å². The Morgan fingerprint density at radius 2 is 1.79 bits per heavy atom. The summed E-state index contributed by atoms with van der Waals surface area (Å²) in [5.41, 5.74) is -1.99. The lowest BCUT2D eigenvalue weighted by Crippen LogP contribution is -2.22. The van der Waals surface area contributed by atoms with Gasteiger partial charge >= 0.3 is 6.18 Å². The second-order valence-corrected chi connectivity index (χ2v) is 5.98. The predicted molar refractivity (Wildman–Crippen MR) is 99.8 cm³/mol. The summed E-state index contributed by atoms with van der Waals surface area (Å²) in [7, 11) is 2.74. The minimum Gasteiger partial charge on any atom is -0.495 e. The lowest BCUT2D eigenvalue weighted by molar-refractivity contribution is -0.384. The standard InChI is InChI=1S/C17H15ClF3N3O5/c1-28-14-7-12(15(29-2)6-10(14)18)23-16(25)8-22-11-4-3-9(17(19,20)21)5-13(11)24(26)27/h3-7,22H,8H2,1-2H3,(H,23,25). The second kappa shape index (κ2) is 8.86. The zero-order chi connectivity index (χ0) is 21.8. The molecule has 2 N–H and O–H groups in total. The molecule has 0 aliphatic heterocycles. The normalized spacial score (nSPS) is 11.0. The maximum Gasteiger partial charge on any atom is 0.416 e. The molecule has 0 bridgehead atoms. The number of rotatable bonds is 7. The fourth-order valence-electron chi connectivity index (χ4n) is 2.34. The third-order valence-corrected chi connectivity index (χ3v) is 4.00. The molecule has 0 aliphatic rings. The quantitative estimate of drug-likeness (QED) is 0.497. The Morgan fingerprint density at radius 1 is 1.14 bits per heavy atom. The SMILES string of the molecule is COc1cc(NC(=O)CNc2ccc(C(F)(F)F)cc2[N+](=O)[O-])c(OC)cc1Cl. The fourth-order valence-corrected chi connectivity index (χ4v) is 2.57. The molecule has 2 aromatic carbocycles. The molecular weight excluding hydrogens is 419 g/mol. The van der Waals surface area contributed by atoms with Gasteiger partial charge in [0.2, 0.25) is 5.91 Å². The number of amides is 1. The maximum absolute atomic E-state index is 12.7. The van der Waals surface area contributed by atoms with Crippen LogP contribution in [-0.4, -0.2) is 31.6 Å². The number of carbonyl (C=O) groups excluding carboxylic acids is 1. The highest BCUT2D eigenvalue weighted by Crippen LogP contribution is 2.36. The van der Waals surface area contributed by atoms with Crippen molar-refractivity contribution < 1.29 is 32.4 Å². The van der Waals surface area contributed by atoms with E-state index in [1.807, 2.05) is 0 Å². The molecule has 0 aliphatic carbocycles. The van der Waals surface area contributed by atoms with Crippen molar-refractivity contribution in [3.05, 3.63) is 51.0 Å². The van der Waals surface area contributed by atoms with Gasteiger partial charge in [-0.25, -0.2) is 0 Å². The third-order valence-electron chi connectivity index (χ3n) is 3.71. The second-order valence-electron chi connectivity index (χ2n) is 5.58. The first-order chi connectivity index (χ1) is 13.6. The van der Waals surface area contributed by atoms with Gasteiger partial charge in [0.15, 0.2) is 0 Å². The van der Waals surface area contributed by atoms with Crippen LogP contribution in [0.2, 0.25) is 5.02 Å². The average molecular weight is 434 g/mol. The van der Waals surface area contributed by atoms with Gasteiger partial charge in [0, 0.05) is 18.2 Å². The van der Waals surface area contributed by atoms with E-state index in [9.17, 15) is 28.1 Å². The molecule has 29 heavy (non-hydrogen) atoms. The van der Waals surface area contributed by atoms with Crippen LogP contribution in [0, 0.1) is 10.1 Å². The van der Waals surface area contributed by atoms with Crippen molar-refractivity contribution in [2.75, 3.05) is 31.4 Å². The van der Waals surface area contributed by atoms with Crippen molar-refractivity contribution in [2.24, 2.45) is 0 Å². The summed E-state index contributed by atoms with van der Waals surface area (Å²) in [6.07, 6.45) is -4.73. The van der Waals surface area contributed by atoms with E-state index in [1.54, 1.807) is 0 Å². The molecule has 0 radical (unpaired) electrons. The highest BCUT2D eigenvalue weighted by atomic mass is 35.5. The van der Waals surface area contributed by atoms with Crippen LogP contribution in [-0.2, 0) is 11.0 Å². The van der Waals surface area contributed by atoms with Crippen molar-refractivity contribution >= 4 is 34.6 Å². The van der Waals surface area contributed by atoms with Crippen LogP contribution >= 0.6 is 11.6 Å². The molecule has 0 atom stereocenters. The van der Waals surface area contributed by atoms with E-state index >= 15 is 0 Å². The smallest absolute Gasteiger partial charge is 0.416 e. The Kier molecular flexibility index (Phi) is 6.75. The molecule has 0 aromatic heterocycles. The maximum atomic E-state index is 12.7. The summed E-state index contributed by atoms with van der Waals surface area (Å²) in [6.45, 7) is -0.458. The summed E-state index contributed by atoms with van der Waals surface area (Å²) in [5, 5.41) is 16.3. The van der Waals surface area contributed by atoms with Gasteiger partial charge in [-0.05, 0) is 12.1 Å². The van der Waals surface area contributed by atoms with Gasteiger partial charge in [-0.3, -0.25) is 14.9 Å². The van der Waals surface area contributed by atoms with Crippen molar-refractivity contribution in [3.8, 4) is 11.5 Å². The first kappa shape index (κ1) is 22.1.